The first kappa shape index (κ1) is 17.1. The topological polar surface area (TPSA) is 50.2 Å². The maximum atomic E-state index is 12.3. The minimum atomic E-state index is -0.238. The lowest BCUT2D eigenvalue weighted by molar-refractivity contribution is -0.122. The average Bonchev–Trinajstić information content (AvgIpc) is 2.90. The van der Waals surface area contributed by atoms with Crippen LogP contribution in [0.25, 0.3) is 0 Å². The fraction of sp³-hybridized carbons (Fsp3) is 0.444. The number of nitrogens with zero attached hydrogens (tertiary/aromatic N) is 3. The number of hydrogen-bond acceptors (Lipinski definition) is 3. The third-order valence-electron chi connectivity index (χ3n) is 3.76. The minimum Gasteiger partial charge on any atom is -0.378 e. The van der Waals surface area contributed by atoms with Crippen LogP contribution in [0.3, 0.4) is 0 Å². The maximum absolute atomic E-state index is 12.3. The Bertz CT molecular complexity index is 643. The molecule has 0 saturated carbocycles. The van der Waals surface area contributed by atoms with Gasteiger partial charge in [0.2, 0.25) is 5.91 Å². The van der Waals surface area contributed by atoms with Gasteiger partial charge in [-0.15, -0.1) is 0 Å². The van der Waals surface area contributed by atoms with Crippen molar-refractivity contribution in [2.24, 2.45) is 13.0 Å². The molecule has 1 aromatic carbocycles. The molecular formula is C18H26N4O. The van der Waals surface area contributed by atoms with Crippen molar-refractivity contribution in [2.75, 3.05) is 19.0 Å². The van der Waals surface area contributed by atoms with Gasteiger partial charge in [0, 0.05) is 45.6 Å². The molecular weight excluding hydrogens is 288 g/mol. The summed E-state index contributed by atoms with van der Waals surface area (Å²) >= 11 is 0. The molecule has 2 aromatic rings. The molecule has 0 aliphatic heterocycles. The van der Waals surface area contributed by atoms with Crippen molar-refractivity contribution in [3.8, 4) is 0 Å². The van der Waals surface area contributed by atoms with E-state index in [0.717, 1.165) is 17.1 Å². The van der Waals surface area contributed by atoms with Gasteiger partial charge < -0.3 is 14.8 Å². The Labute approximate surface area is 138 Å². The van der Waals surface area contributed by atoms with Crippen molar-refractivity contribution in [1.82, 2.24) is 14.9 Å². The predicted molar refractivity (Wildman–Crippen MR) is 93.4 cm³/mol. The lowest BCUT2D eigenvalue weighted by atomic mass is 10.0. The Morgan fingerprint density at radius 1 is 1.26 bits per heavy atom. The molecule has 0 aliphatic rings. The van der Waals surface area contributed by atoms with Crippen molar-refractivity contribution in [3.63, 3.8) is 0 Å². The highest BCUT2D eigenvalue weighted by Gasteiger charge is 2.21. The van der Waals surface area contributed by atoms with E-state index in [9.17, 15) is 4.79 Å². The number of nitrogens with one attached hydrogen (secondary N) is 1. The molecule has 1 heterocycles. The molecule has 1 N–H and O–H groups in total. The van der Waals surface area contributed by atoms with Gasteiger partial charge >= 0.3 is 0 Å². The van der Waals surface area contributed by atoms with Crippen LogP contribution in [0.2, 0.25) is 0 Å². The highest BCUT2D eigenvalue weighted by Crippen LogP contribution is 2.23. The van der Waals surface area contributed by atoms with E-state index in [1.54, 1.807) is 6.20 Å². The van der Waals surface area contributed by atoms with E-state index >= 15 is 0 Å². The molecule has 1 unspecified atom stereocenters. The summed E-state index contributed by atoms with van der Waals surface area (Å²) in [5, 5.41) is 3.12. The number of benzene rings is 1. The van der Waals surface area contributed by atoms with E-state index in [-0.39, 0.29) is 11.9 Å². The molecule has 5 nitrogen and oxygen atoms in total. The van der Waals surface area contributed by atoms with Crippen LogP contribution in [0.5, 0.6) is 0 Å². The Morgan fingerprint density at radius 2 is 1.91 bits per heavy atom. The van der Waals surface area contributed by atoms with Crippen molar-refractivity contribution in [2.45, 2.75) is 26.3 Å². The number of anilines is 1. The molecule has 0 bridgehead atoms. The molecule has 23 heavy (non-hydrogen) atoms. The lowest BCUT2D eigenvalue weighted by Gasteiger charge is -2.21. The monoisotopic (exact) mass is 314 g/mol. The van der Waals surface area contributed by atoms with Crippen molar-refractivity contribution in [3.05, 3.63) is 48.0 Å². The summed E-state index contributed by atoms with van der Waals surface area (Å²) in [7, 11) is 5.96. The zero-order valence-corrected chi connectivity index (χ0v) is 14.6. The number of imidazole rings is 1. The van der Waals surface area contributed by atoms with Crippen LogP contribution in [-0.4, -0.2) is 29.6 Å². The van der Waals surface area contributed by atoms with Gasteiger partial charge in [0.25, 0.3) is 0 Å². The molecule has 2 rings (SSSR count). The standard InChI is InChI=1S/C18H26N4O/c1-13(2)12-16(23)20-17(18-19-10-11-22(18)5)14-6-8-15(9-7-14)21(3)4/h6-11,13,17H,12H2,1-5H3,(H,20,23). The van der Waals surface area contributed by atoms with E-state index in [4.69, 9.17) is 0 Å². The SMILES string of the molecule is CC(C)CC(=O)NC(c1ccc(N(C)C)cc1)c1nccn1C. The molecule has 124 valence electrons. The van der Waals surface area contributed by atoms with Crippen LogP contribution in [0, 0.1) is 5.92 Å². The average molecular weight is 314 g/mol. The van der Waals surface area contributed by atoms with Crippen molar-refractivity contribution >= 4 is 11.6 Å². The number of amides is 1. The second-order valence-electron chi connectivity index (χ2n) is 6.48. The van der Waals surface area contributed by atoms with Crippen LogP contribution < -0.4 is 10.2 Å². The molecule has 0 radical (unpaired) electrons. The van der Waals surface area contributed by atoms with E-state index in [1.807, 2.05) is 57.9 Å². The highest BCUT2D eigenvalue weighted by molar-refractivity contribution is 5.77. The number of carbonyl (C=O) groups excluding carboxylic acids is 1. The van der Waals surface area contributed by atoms with Crippen LogP contribution in [0.4, 0.5) is 5.69 Å². The Morgan fingerprint density at radius 3 is 2.39 bits per heavy atom. The maximum Gasteiger partial charge on any atom is 0.221 e. The van der Waals surface area contributed by atoms with Gasteiger partial charge in [0.1, 0.15) is 11.9 Å². The number of hydrogen-bond donors (Lipinski definition) is 1. The van der Waals surface area contributed by atoms with E-state index < -0.39 is 0 Å². The summed E-state index contributed by atoms with van der Waals surface area (Å²) in [6, 6.07) is 7.96. The molecule has 0 spiro atoms. The summed E-state index contributed by atoms with van der Waals surface area (Å²) in [4.78, 5) is 18.7. The Hall–Kier alpha value is -2.30. The van der Waals surface area contributed by atoms with Crippen LogP contribution in [0.1, 0.15) is 37.7 Å². The molecule has 0 aliphatic carbocycles. The fourth-order valence-corrected chi connectivity index (χ4v) is 2.51. The predicted octanol–water partition coefficient (Wildman–Crippen LogP) is 2.74. The first-order valence-corrected chi connectivity index (χ1v) is 7.92. The van der Waals surface area contributed by atoms with Gasteiger partial charge in [-0.25, -0.2) is 4.98 Å². The van der Waals surface area contributed by atoms with Gasteiger partial charge in [0.15, 0.2) is 0 Å². The first-order chi connectivity index (χ1) is 10.9. The second kappa shape index (κ2) is 7.31. The van der Waals surface area contributed by atoms with Crippen LogP contribution in [0.15, 0.2) is 36.7 Å². The molecule has 5 heteroatoms. The second-order valence-corrected chi connectivity index (χ2v) is 6.48. The van der Waals surface area contributed by atoms with Crippen molar-refractivity contribution in [1.29, 1.82) is 0 Å². The van der Waals surface area contributed by atoms with E-state index in [0.29, 0.717) is 12.3 Å². The number of carbonyl (C=O) groups is 1. The van der Waals surface area contributed by atoms with Crippen LogP contribution in [-0.2, 0) is 11.8 Å². The van der Waals surface area contributed by atoms with Gasteiger partial charge in [0.05, 0.1) is 0 Å². The van der Waals surface area contributed by atoms with E-state index in [1.165, 1.54) is 0 Å². The summed E-state index contributed by atoms with van der Waals surface area (Å²) < 4.78 is 1.94. The fourth-order valence-electron chi connectivity index (χ4n) is 2.51. The van der Waals surface area contributed by atoms with Crippen molar-refractivity contribution < 1.29 is 4.79 Å². The first-order valence-electron chi connectivity index (χ1n) is 7.92. The summed E-state index contributed by atoms with van der Waals surface area (Å²) in [5.74, 6) is 1.21. The summed E-state index contributed by atoms with van der Waals surface area (Å²) in [6.07, 6.45) is 4.16. The third kappa shape index (κ3) is 4.34. The number of aryl methyl sites for hydroxylation is 1. The van der Waals surface area contributed by atoms with Gasteiger partial charge in [-0.05, 0) is 23.6 Å². The third-order valence-corrected chi connectivity index (χ3v) is 3.76. The van der Waals surface area contributed by atoms with E-state index in [2.05, 4.69) is 27.3 Å². The smallest absolute Gasteiger partial charge is 0.221 e. The summed E-state index contributed by atoms with van der Waals surface area (Å²) in [5.41, 5.74) is 2.16. The zero-order valence-electron chi connectivity index (χ0n) is 14.6. The normalized spacial score (nSPS) is 12.3. The van der Waals surface area contributed by atoms with Gasteiger partial charge in [-0.3, -0.25) is 4.79 Å². The molecule has 1 aromatic heterocycles. The molecule has 1 atom stereocenters. The zero-order chi connectivity index (χ0) is 17.0. The number of rotatable bonds is 6. The Kier molecular flexibility index (Phi) is 5.42. The molecule has 0 saturated heterocycles. The van der Waals surface area contributed by atoms with Gasteiger partial charge in [-0.1, -0.05) is 26.0 Å². The molecule has 0 fully saturated rings. The van der Waals surface area contributed by atoms with Gasteiger partial charge in [-0.2, -0.15) is 0 Å². The largest absolute Gasteiger partial charge is 0.378 e. The molecule has 1 amide bonds. The highest BCUT2D eigenvalue weighted by atomic mass is 16.1. The summed E-state index contributed by atoms with van der Waals surface area (Å²) in [6.45, 7) is 4.09. The Balaban J connectivity index is 2.30. The quantitative estimate of drug-likeness (QED) is 0.892. The minimum absolute atomic E-state index is 0.0460. The lowest BCUT2D eigenvalue weighted by Crippen LogP contribution is -2.31. The number of aromatic nitrogens is 2. The van der Waals surface area contributed by atoms with Crippen LogP contribution >= 0.6 is 0 Å².